The Hall–Kier alpha value is -3.83. The molecular weight excluding hydrogens is 517 g/mol. The number of benzene rings is 1. The molecule has 0 unspecified atom stereocenters. The number of rotatable bonds is 7. The lowest BCUT2D eigenvalue weighted by atomic mass is 9.91. The van der Waals surface area contributed by atoms with Gasteiger partial charge in [0.1, 0.15) is 6.04 Å². The van der Waals surface area contributed by atoms with Gasteiger partial charge < -0.3 is 19.9 Å². The van der Waals surface area contributed by atoms with Crippen molar-refractivity contribution in [1.29, 1.82) is 0 Å². The molecule has 2 atom stereocenters. The number of ether oxygens (including phenoxy) is 1. The van der Waals surface area contributed by atoms with E-state index < -0.39 is 35.8 Å². The number of piperidine rings is 1. The van der Waals surface area contributed by atoms with Crippen LogP contribution in [0, 0.1) is 5.92 Å². The lowest BCUT2D eigenvalue weighted by Crippen LogP contribution is -2.51. The molecule has 0 spiro atoms. The van der Waals surface area contributed by atoms with Crippen molar-refractivity contribution in [3.05, 3.63) is 59.3 Å². The predicted molar refractivity (Wildman–Crippen MR) is 134 cm³/mol. The highest BCUT2D eigenvalue weighted by Crippen LogP contribution is 2.42. The number of likely N-dealkylation sites (tertiary alicyclic amines) is 1. The van der Waals surface area contributed by atoms with E-state index in [0.717, 1.165) is 6.07 Å². The molecule has 4 amide bonds. The Kier molecular flexibility index (Phi) is 8.03. The van der Waals surface area contributed by atoms with Crippen molar-refractivity contribution < 1.29 is 37.1 Å². The fraction of sp³-hybridized carbons (Fsp3) is 0.481. The molecule has 9 nitrogen and oxygen atoms in total. The first-order valence-electron chi connectivity index (χ1n) is 12.8. The summed E-state index contributed by atoms with van der Waals surface area (Å²) < 4.78 is 46.6. The maximum atomic E-state index is 13.8. The van der Waals surface area contributed by atoms with E-state index in [-0.39, 0.29) is 54.3 Å². The normalized spacial score (nSPS) is 21.1. The van der Waals surface area contributed by atoms with E-state index in [4.69, 9.17) is 4.74 Å². The van der Waals surface area contributed by atoms with Gasteiger partial charge in [-0.25, -0.2) is 4.79 Å². The zero-order chi connectivity index (χ0) is 28.5. The second-order valence-electron chi connectivity index (χ2n) is 9.69. The molecule has 3 aliphatic heterocycles. The minimum atomic E-state index is -4.71. The van der Waals surface area contributed by atoms with Gasteiger partial charge in [0.15, 0.2) is 0 Å². The first-order chi connectivity index (χ1) is 18.5. The lowest BCUT2D eigenvalue weighted by molar-refractivity contribution is -0.152. The number of carbonyl (C=O) groups is 4. The van der Waals surface area contributed by atoms with Crippen molar-refractivity contribution in [2.45, 2.75) is 44.9 Å². The molecule has 3 heterocycles. The number of hydrogen-bond donors (Lipinski definition) is 1. The highest BCUT2D eigenvalue weighted by molar-refractivity contribution is 6.03. The third-order valence-electron chi connectivity index (χ3n) is 7.39. The van der Waals surface area contributed by atoms with Crippen LogP contribution in [-0.2, 0) is 25.3 Å². The Morgan fingerprint density at radius 2 is 1.87 bits per heavy atom. The number of esters is 1. The van der Waals surface area contributed by atoms with Gasteiger partial charge in [-0.2, -0.15) is 13.2 Å². The zero-order valence-corrected chi connectivity index (χ0v) is 21.8. The van der Waals surface area contributed by atoms with Crippen LogP contribution < -0.4 is 5.32 Å². The SMILES string of the molecule is C=CCN1C(=O)N[C@H](c2ccccc2C(F)(F)F)C2=C1CN([C@@H](C)C(=O)N1CCC(C(=O)OCC)CC1)C2=O. The van der Waals surface area contributed by atoms with Crippen LogP contribution in [0.4, 0.5) is 18.0 Å². The van der Waals surface area contributed by atoms with E-state index >= 15 is 0 Å². The average Bonchev–Trinajstić information content (AvgIpc) is 3.26. The fourth-order valence-electron chi connectivity index (χ4n) is 5.38. The van der Waals surface area contributed by atoms with Crippen molar-refractivity contribution in [1.82, 2.24) is 20.0 Å². The van der Waals surface area contributed by atoms with Crippen LogP contribution in [0.5, 0.6) is 0 Å². The first kappa shape index (κ1) is 28.2. The second-order valence-corrected chi connectivity index (χ2v) is 9.69. The first-order valence-corrected chi connectivity index (χ1v) is 12.8. The van der Waals surface area contributed by atoms with Gasteiger partial charge >= 0.3 is 18.2 Å². The maximum Gasteiger partial charge on any atom is 0.416 e. The van der Waals surface area contributed by atoms with E-state index in [9.17, 15) is 32.3 Å². The summed E-state index contributed by atoms with van der Waals surface area (Å²) in [5.74, 6) is -1.56. The Labute approximate surface area is 224 Å². The van der Waals surface area contributed by atoms with E-state index in [2.05, 4.69) is 11.9 Å². The summed E-state index contributed by atoms with van der Waals surface area (Å²) in [5, 5.41) is 2.55. The number of hydrogen-bond acceptors (Lipinski definition) is 5. The number of nitrogens with zero attached hydrogens (tertiary/aromatic N) is 3. The zero-order valence-electron chi connectivity index (χ0n) is 21.8. The van der Waals surface area contributed by atoms with Gasteiger partial charge in [-0.15, -0.1) is 6.58 Å². The average molecular weight is 549 g/mol. The molecule has 210 valence electrons. The summed E-state index contributed by atoms with van der Waals surface area (Å²) in [4.78, 5) is 56.3. The number of carbonyl (C=O) groups excluding carboxylic acids is 4. The second kappa shape index (κ2) is 11.1. The van der Waals surface area contributed by atoms with Crippen molar-refractivity contribution in [2.24, 2.45) is 5.92 Å². The molecule has 1 aromatic rings. The minimum Gasteiger partial charge on any atom is -0.466 e. The number of nitrogens with one attached hydrogen (secondary N) is 1. The molecule has 1 aromatic carbocycles. The molecular formula is C27H31F3N4O5. The third kappa shape index (κ3) is 5.37. The van der Waals surface area contributed by atoms with Crippen LogP contribution in [0.3, 0.4) is 0 Å². The van der Waals surface area contributed by atoms with Crippen LogP contribution in [0.1, 0.15) is 43.9 Å². The molecule has 0 radical (unpaired) electrons. The van der Waals surface area contributed by atoms with Crippen LogP contribution in [-0.4, -0.2) is 77.3 Å². The molecule has 12 heteroatoms. The Morgan fingerprint density at radius 1 is 1.21 bits per heavy atom. The number of alkyl halides is 3. The predicted octanol–water partition coefficient (Wildman–Crippen LogP) is 3.24. The summed E-state index contributed by atoms with van der Waals surface area (Å²) in [7, 11) is 0. The van der Waals surface area contributed by atoms with E-state index in [1.807, 2.05) is 0 Å². The molecule has 0 saturated carbocycles. The number of urea groups is 1. The summed E-state index contributed by atoms with van der Waals surface area (Å²) in [6, 6.07) is 1.85. The molecule has 0 aromatic heterocycles. The Morgan fingerprint density at radius 3 is 2.49 bits per heavy atom. The fourth-order valence-corrected chi connectivity index (χ4v) is 5.38. The minimum absolute atomic E-state index is 0.00572. The number of halogens is 3. The topological polar surface area (TPSA) is 99.3 Å². The van der Waals surface area contributed by atoms with Crippen LogP contribution in [0.15, 0.2) is 48.2 Å². The largest absolute Gasteiger partial charge is 0.466 e. The van der Waals surface area contributed by atoms with Crippen LogP contribution in [0.2, 0.25) is 0 Å². The lowest BCUT2D eigenvalue weighted by Gasteiger charge is -2.35. The van der Waals surface area contributed by atoms with Gasteiger partial charge in [0, 0.05) is 19.6 Å². The highest BCUT2D eigenvalue weighted by Gasteiger charge is 2.48. The standard InChI is InChI=1S/C27H31F3N4O5/c1-4-12-33-20-15-34(16(3)23(35)32-13-10-17(11-14-32)25(37)39-5-2)24(36)21(20)22(31-26(33)38)18-8-6-7-9-19(18)27(28,29)30/h4,6-9,16-17,22H,1,5,10-15H2,2-3H3,(H,31,38)/t16-,22+/m0/s1. The van der Waals surface area contributed by atoms with Crippen molar-refractivity contribution in [3.63, 3.8) is 0 Å². The molecule has 39 heavy (non-hydrogen) atoms. The third-order valence-corrected chi connectivity index (χ3v) is 7.39. The molecule has 0 aliphatic carbocycles. The molecule has 4 rings (SSSR count). The van der Waals surface area contributed by atoms with Crippen molar-refractivity contribution in [2.75, 3.05) is 32.8 Å². The summed E-state index contributed by atoms with van der Waals surface area (Å²) in [6.07, 6.45) is -2.40. The van der Waals surface area contributed by atoms with Crippen LogP contribution >= 0.6 is 0 Å². The maximum absolute atomic E-state index is 13.8. The smallest absolute Gasteiger partial charge is 0.416 e. The van der Waals surface area contributed by atoms with Gasteiger partial charge in [0.2, 0.25) is 5.91 Å². The van der Waals surface area contributed by atoms with Gasteiger partial charge in [-0.3, -0.25) is 19.3 Å². The van der Waals surface area contributed by atoms with Crippen molar-refractivity contribution >= 4 is 23.8 Å². The summed E-state index contributed by atoms with van der Waals surface area (Å²) >= 11 is 0. The van der Waals surface area contributed by atoms with Gasteiger partial charge in [-0.1, -0.05) is 24.3 Å². The van der Waals surface area contributed by atoms with Crippen molar-refractivity contribution in [3.8, 4) is 0 Å². The molecule has 0 bridgehead atoms. The molecule has 1 saturated heterocycles. The highest BCUT2D eigenvalue weighted by atomic mass is 19.4. The molecule has 1 N–H and O–H groups in total. The Bertz CT molecular complexity index is 1210. The van der Waals surface area contributed by atoms with Gasteiger partial charge in [-0.05, 0) is 38.3 Å². The van der Waals surface area contributed by atoms with E-state index in [1.54, 1.807) is 18.7 Å². The molecule has 3 aliphatic rings. The number of amides is 4. The summed E-state index contributed by atoms with van der Waals surface area (Å²) in [5.41, 5.74) is -0.974. The van der Waals surface area contributed by atoms with Gasteiger partial charge in [0.05, 0.1) is 41.9 Å². The quantitative estimate of drug-likeness (QED) is 0.417. The van der Waals surface area contributed by atoms with Gasteiger partial charge in [0.25, 0.3) is 5.91 Å². The summed E-state index contributed by atoms with van der Waals surface area (Å²) in [6.45, 7) is 7.73. The van der Waals surface area contributed by atoms with E-state index in [1.165, 1.54) is 34.1 Å². The van der Waals surface area contributed by atoms with E-state index in [0.29, 0.717) is 25.9 Å². The van der Waals surface area contributed by atoms with Crippen LogP contribution in [0.25, 0.3) is 0 Å². The Balaban J connectivity index is 1.60. The molecule has 1 fully saturated rings. The monoisotopic (exact) mass is 548 g/mol.